The number of aliphatic hydroxyl groups excluding tert-OH is 1. The van der Waals surface area contributed by atoms with E-state index < -0.39 is 23.5 Å². The second-order valence-corrected chi connectivity index (χ2v) is 8.32. The van der Waals surface area contributed by atoms with E-state index in [0.717, 1.165) is 46.0 Å². The Bertz CT molecular complexity index is 1410. The number of alkyl halides is 3. The summed E-state index contributed by atoms with van der Waals surface area (Å²) in [6.07, 6.45) is -0.184. The normalized spacial score (nSPS) is 14.0. The second kappa shape index (κ2) is 8.54. The average Bonchev–Trinajstić information content (AvgIpc) is 3.26. The predicted octanol–water partition coefficient (Wildman–Crippen LogP) is 6.54. The van der Waals surface area contributed by atoms with Crippen molar-refractivity contribution in [2.24, 2.45) is 0 Å². The summed E-state index contributed by atoms with van der Waals surface area (Å²) in [5.41, 5.74) is 6.04. The van der Waals surface area contributed by atoms with Crippen LogP contribution in [0.2, 0.25) is 0 Å². The monoisotopic (exact) mass is 458 g/mol. The molecule has 0 aliphatic heterocycles. The first kappa shape index (κ1) is 22.0. The zero-order chi connectivity index (χ0) is 23.9. The number of hydrogen-bond acceptors (Lipinski definition) is 3. The molecule has 1 aliphatic rings. The highest BCUT2D eigenvalue weighted by molar-refractivity contribution is 5.87. The SMILES string of the molecule is Cc1ccccc1C1=CCc2ncc(-c3cccc(C(O)c4ncccc4C(F)(F)F)c3)cc21. The Labute approximate surface area is 195 Å². The van der Waals surface area contributed by atoms with Gasteiger partial charge in [0.25, 0.3) is 0 Å². The number of aromatic nitrogens is 2. The molecule has 2 aromatic heterocycles. The third-order valence-corrected chi connectivity index (χ3v) is 6.13. The summed E-state index contributed by atoms with van der Waals surface area (Å²) >= 11 is 0. The molecule has 1 N–H and O–H groups in total. The molecule has 2 aromatic carbocycles. The number of nitrogens with zero attached hydrogens (tertiary/aromatic N) is 2. The first-order valence-electron chi connectivity index (χ1n) is 10.9. The quantitative estimate of drug-likeness (QED) is 0.378. The average molecular weight is 458 g/mol. The van der Waals surface area contributed by atoms with E-state index in [1.165, 1.54) is 17.8 Å². The van der Waals surface area contributed by atoms with E-state index in [0.29, 0.717) is 5.56 Å². The van der Waals surface area contributed by atoms with Gasteiger partial charge in [-0.2, -0.15) is 13.2 Å². The van der Waals surface area contributed by atoms with Crippen LogP contribution in [0.25, 0.3) is 16.7 Å². The van der Waals surface area contributed by atoms with Crippen LogP contribution in [-0.2, 0) is 12.6 Å². The molecular weight excluding hydrogens is 437 g/mol. The molecule has 1 aliphatic carbocycles. The minimum Gasteiger partial charge on any atom is -0.382 e. The zero-order valence-electron chi connectivity index (χ0n) is 18.3. The van der Waals surface area contributed by atoms with Crippen LogP contribution in [-0.4, -0.2) is 15.1 Å². The lowest BCUT2D eigenvalue weighted by molar-refractivity contribution is -0.139. The van der Waals surface area contributed by atoms with Crippen molar-refractivity contribution in [3.05, 3.63) is 124 Å². The minimum atomic E-state index is -4.61. The molecule has 170 valence electrons. The van der Waals surface area contributed by atoms with Crippen molar-refractivity contribution < 1.29 is 18.3 Å². The smallest absolute Gasteiger partial charge is 0.382 e. The number of benzene rings is 2. The Morgan fingerprint density at radius 3 is 2.50 bits per heavy atom. The zero-order valence-corrected chi connectivity index (χ0v) is 18.3. The fraction of sp³-hybridized carbons (Fsp3) is 0.143. The van der Waals surface area contributed by atoms with Crippen LogP contribution in [0, 0.1) is 6.92 Å². The van der Waals surface area contributed by atoms with Crippen LogP contribution in [0.4, 0.5) is 13.2 Å². The number of hydrogen-bond donors (Lipinski definition) is 1. The summed E-state index contributed by atoms with van der Waals surface area (Å²) in [6, 6.07) is 19.2. The molecule has 1 atom stereocenters. The van der Waals surface area contributed by atoms with Crippen LogP contribution in [0.5, 0.6) is 0 Å². The van der Waals surface area contributed by atoms with Gasteiger partial charge in [0.2, 0.25) is 0 Å². The molecule has 5 rings (SSSR count). The van der Waals surface area contributed by atoms with Gasteiger partial charge in [0.15, 0.2) is 0 Å². The summed E-state index contributed by atoms with van der Waals surface area (Å²) in [6.45, 7) is 2.07. The van der Waals surface area contributed by atoms with Gasteiger partial charge in [-0.05, 0) is 59.0 Å². The van der Waals surface area contributed by atoms with E-state index in [1.807, 2.05) is 18.2 Å². The number of allylic oxidation sites excluding steroid dienone is 1. The van der Waals surface area contributed by atoms with Gasteiger partial charge >= 0.3 is 6.18 Å². The lowest BCUT2D eigenvalue weighted by Gasteiger charge is -2.17. The lowest BCUT2D eigenvalue weighted by atomic mass is 9.94. The summed E-state index contributed by atoms with van der Waals surface area (Å²) in [5.74, 6) is 0. The second-order valence-electron chi connectivity index (χ2n) is 8.32. The molecule has 0 saturated heterocycles. The van der Waals surface area contributed by atoms with Crippen LogP contribution in [0.1, 0.15) is 45.3 Å². The maximum atomic E-state index is 13.4. The molecule has 34 heavy (non-hydrogen) atoms. The molecule has 6 heteroatoms. The van der Waals surface area contributed by atoms with Crippen molar-refractivity contribution >= 4 is 5.57 Å². The summed E-state index contributed by atoms with van der Waals surface area (Å²) in [4.78, 5) is 8.48. The largest absolute Gasteiger partial charge is 0.418 e. The summed E-state index contributed by atoms with van der Waals surface area (Å²) < 4.78 is 40.3. The van der Waals surface area contributed by atoms with E-state index in [2.05, 4.69) is 41.2 Å². The van der Waals surface area contributed by atoms with Gasteiger partial charge in [0.1, 0.15) is 6.10 Å². The van der Waals surface area contributed by atoms with Crippen molar-refractivity contribution in [1.82, 2.24) is 9.97 Å². The van der Waals surface area contributed by atoms with Crippen molar-refractivity contribution in [3.8, 4) is 11.1 Å². The fourth-order valence-electron chi connectivity index (χ4n) is 4.41. The van der Waals surface area contributed by atoms with Crippen molar-refractivity contribution in [1.29, 1.82) is 0 Å². The Hall–Kier alpha value is -3.77. The first-order valence-corrected chi connectivity index (χ1v) is 10.9. The topological polar surface area (TPSA) is 46.0 Å². The number of halogens is 3. The molecule has 0 saturated carbocycles. The first-order chi connectivity index (χ1) is 16.3. The van der Waals surface area contributed by atoms with Crippen LogP contribution in [0.15, 0.2) is 85.2 Å². The molecule has 0 amide bonds. The highest BCUT2D eigenvalue weighted by Gasteiger charge is 2.36. The van der Waals surface area contributed by atoms with E-state index >= 15 is 0 Å². The van der Waals surface area contributed by atoms with E-state index in [9.17, 15) is 18.3 Å². The molecule has 4 aromatic rings. The Morgan fingerprint density at radius 1 is 0.882 bits per heavy atom. The molecular formula is C28H21F3N2O. The lowest BCUT2D eigenvalue weighted by Crippen LogP contribution is -2.14. The predicted molar refractivity (Wildman–Crippen MR) is 125 cm³/mol. The van der Waals surface area contributed by atoms with Crippen molar-refractivity contribution in [3.63, 3.8) is 0 Å². The number of rotatable bonds is 4. The van der Waals surface area contributed by atoms with Gasteiger partial charge in [-0.15, -0.1) is 0 Å². The highest BCUT2D eigenvalue weighted by atomic mass is 19.4. The maximum absolute atomic E-state index is 13.4. The number of aliphatic hydroxyl groups is 1. The van der Waals surface area contributed by atoms with Gasteiger partial charge < -0.3 is 5.11 Å². The third-order valence-electron chi connectivity index (χ3n) is 6.13. The molecule has 2 heterocycles. The Balaban J connectivity index is 1.52. The minimum absolute atomic E-state index is 0.330. The molecule has 1 unspecified atom stereocenters. The molecule has 0 spiro atoms. The summed E-state index contributed by atoms with van der Waals surface area (Å²) in [7, 11) is 0. The fourth-order valence-corrected chi connectivity index (χ4v) is 4.41. The van der Waals surface area contributed by atoms with Gasteiger partial charge in [-0.25, -0.2) is 0 Å². The Morgan fingerprint density at radius 2 is 1.71 bits per heavy atom. The number of aryl methyl sites for hydroxylation is 1. The third kappa shape index (κ3) is 4.01. The standard InChI is InChI=1S/C28H21F3N2O/c1-17-6-2-3-9-21(17)22-11-12-25-23(22)15-20(16-33-25)18-7-4-8-19(14-18)27(34)26-24(28(29,30)31)10-5-13-32-26/h2-11,13-16,27,34H,12H2,1H3. The van der Waals surface area contributed by atoms with Crippen molar-refractivity contribution in [2.75, 3.05) is 0 Å². The molecule has 0 fully saturated rings. The molecule has 0 radical (unpaired) electrons. The van der Waals surface area contributed by atoms with Gasteiger partial charge in [-0.1, -0.05) is 48.5 Å². The van der Waals surface area contributed by atoms with Crippen LogP contribution < -0.4 is 0 Å². The van der Waals surface area contributed by atoms with Gasteiger partial charge in [-0.3, -0.25) is 9.97 Å². The highest BCUT2D eigenvalue weighted by Crippen LogP contribution is 2.38. The summed E-state index contributed by atoms with van der Waals surface area (Å²) in [5, 5.41) is 10.8. The maximum Gasteiger partial charge on any atom is 0.418 e. The van der Waals surface area contributed by atoms with Crippen molar-refractivity contribution in [2.45, 2.75) is 25.6 Å². The number of pyridine rings is 2. The number of fused-ring (bicyclic) bond motifs is 1. The van der Waals surface area contributed by atoms with Crippen LogP contribution >= 0.6 is 0 Å². The van der Waals surface area contributed by atoms with Gasteiger partial charge in [0.05, 0.1) is 17.0 Å². The van der Waals surface area contributed by atoms with Gasteiger partial charge in [0, 0.05) is 29.9 Å². The van der Waals surface area contributed by atoms with Crippen LogP contribution in [0.3, 0.4) is 0 Å². The van der Waals surface area contributed by atoms with E-state index in [4.69, 9.17) is 0 Å². The molecule has 3 nitrogen and oxygen atoms in total. The van der Waals surface area contributed by atoms with E-state index in [-0.39, 0.29) is 0 Å². The molecule has 0 bridgehead atoms. The Kier molecular flexibility index (Phi) is 5.54. The van der Waals surface area contributed by atoms with E-state index in [1.54, 1.807) is 24.4 Å².